The molecule has 3 rings (SSSR count). The monoisotopic (exact) mass is 257 g/mol. The van der Waals surface area contributed by atoms with Crippen LogP contribution in [0.25, 0.3) is 10.8 Å². The summed E-state index contributed by atoms with van der Waals surface area (Å²) >= 11 is 0. The maximum Gasteiger partial charge on any atom is 0.129 e. The van der Waals surface area contributed by atoms with E-state index in [-0.39, 0.29) is 0 Å². The standard InChI is InChI=1S/C14H19N5/c1-10-13-8-15-14(6-11(13)7-16-17-10)19-5-4-12(9-19)18(2)3/h6-8,12H,4-5,9H2,1-3H3/t12-/m0/s1. The molecular formula is C14H19N5. The van der Waals surface area contributed by atoms with Crippen molar-refractivity contribution in [2.24, 2.45) is 0 Å². The number of nitrogens with zero attached hydrogens (tertiary/aromatic N) is 5. The number of anilines is 1. The first-order valence-electron chi connectivity index (χ1n) is 6.64. The average molecular weight is 257 g/mol. The van der Waals surface area contributed by atoms with Crippen LogP contribution in [-0.4, -0.2) is 53.3 Å². The van der Waals surface area contributed by atoms with Gasteiger partial charge in [-0.2, -0.15) is 10.2 Å². The molecule has 1 saturated heterocycles. The van der Waals surface area contributed by atoms with Gasteiger partial charge in [-0.1, -0.05) is 0 Å². The minimum Gasteiger partial charge on any atom is -0.355 e. The highest BCUT2D eigenvalue weighted by Gasteiger charge is 2.24. The quantitative estimate of drug-likeness (QED) is 0.815. The Morgan fingerprint density at radius 2 is 2.16 bits per heavy atom. The molecule has 1 aliphatic heterocycles. The molecule has 2 aromatic heterocycles. The van der Waals surface area contributed by atoms with Gasteiger partial charge in [0.05, 0.1) is 11.9 Å². The van der Waals surface area contributed by atoms with E-state index in [2.05, 4.69) is 45.1 Å². The Labute approximate surface area is 113 Å². The van der Waals surface area contributed by atoms with Crippen LogP contribution in [0.1, 0.15) is 12.1 Å². The van der Waals surface area contributed by atoms with Crippen LogP contribution < -0.4 is 4.90 Å². The molecule has 0 bridgehead atoms. The summed E-state index contributed by atoms with van der Waals surface area (Å²) in [6.07, 6.45) is 4.92. The molecule has 100 valence electrons. The number of pyridine rings is 1. The Kier molecular flexibility index (Phi) is 3.06. The molecule has 5 heteroatoms. The van der Waals surface area contributed by atoms with E-state index in [1.807, 2.05) is 19.3 Å². The fourth-order valence-electron chi connectivity index (χ4n) is 2.64. The van der Waals surface area contributed by atoms with E-state index in [9.17, 15) is 0 Å². The summed E-state index contributed by atoms with van der Waals surface area (Å²) in [6.45, 7) is 4.08. The molecule has 0 spiro atoms. The van der Waals surface area contributed by atoms with E-state index < -0.39 is 0 Å². The van der Waals surface area contributed by atoms with Gasteiger partial charge in [0.1, 0.15) is 5.82 Å². The van der Waals surface area contributed by atoms with Crippen molar-refractivity contribution in [2.75, 3.05) is 32.1 Å². The molecule has 3 heterocycles. The van der Waals surface area contributed by atoms with Crippen molar-refractivity contribution >= 4 is 16.6 Å². The molecule has 0 saturated carbocycles. The van der Waals surface area contributed by atoms with Crippen LogP contribution in [0, 0.1) is 6.92 Å². The summed E-state index contributed by atoms with van der Waals surface area (Å²) in [5.74, 6) is 1.05. The second-order valence-electron chi connectivity index (χ2n) is 5.41. The fourth-order valence-corrected chi connectivity index (χ4v) is 2.64. The summed E-state index contributed by atoms with van der Waals surface area (Å²) in [7, 11) is 4.28. The molecule has 2 aromatic rings. The van der Waals surface area contributed by atoms with Gasteiger partial charge < -0.3 is 9.80 Å². The minimum absolute atomic E-state index is 0.620. The molecule has 19 heavy (non-hydrogen) atoms. The molecule has 0 radical (unpaired) electrons. The molecule has 1 fully saturated rings. The first kappa shape index (κ1) is 12.3. The third kappa shape index (κ3) is 2.26. The van der Waals surface area contributed by atoms with Crippen LogP contribution in [-0.2, 0) is 0 Å². The SMILES string of the molecule is Cc1nncc2cc(N3CC[C@H](N(C)C)C3)ncc12. The van der Waals surface area contributed by atoms with Crippen LogP contribution in [0.4, 0.5) is 5.82 Å². The molecule has 1 aliphatic rings. The Bertz CT molecular complexity index is 595. The van der Waals surface area contributed by atoms with Crippen LogP contribution >= 0.6 is 0 Å². The van der Waals surface area contributed by atoms with E-state index in [0.29, 0.717) is 6.04 Å². The lowest BCUT2D eigenvalue weighted by Gasteiger charge is -2.21. The van der Waals surface area contributed by atoms with Crippen molar-refractivity contribution in [3.8, 4) is 0 Å². The zero-order valence-electron chi connectivity index (χ0n) is 11.7. The minimum atomic E-state index is 0.620. The number of aromatic nitrogens is 3. The van der Waals surface area contributed by atoms with Gasteiger partial charge in [-0.25, -0.2) is 4.98 Å². The number of hydrogen-bond donors (Lipinski definition) is 0. The Hall–Kier alpha value is -1.75. The normalized spacial score (nSPS) is 19.6. The first-order valence-corrected chi connectivity index (χ1v) is 6.64. The number of aryl methyl sites for hydroxylation is 1. The van der Waals surface area contributed by atoms with E-state index in [1.54, 1.807) is 0 Å². The second kappa shape index (κ2) is 4.74. The lowest BCUT2D eigenvalue weighted by Crippen LogP contribution is -2.31. The Morgan fingerprint density at radius 3 is 2.89 bits per heavy atom. The van der Waals surface area contributed by atoms with Gasteiger partial charge in [0.15, 0.2) is 0 Å². The summed E-state index contributed by atoms with van der Waals surface area (Å²) < 4.78 is 0. The molecule has 0 aliphatic carbocycles. The second-order valence-corrected chi connectivity index (χ2v) is 5.41. The zero-order valence-corrected chi connectivity index (χ0v) is 11.7. The lowest BCUT2D eigenvalue weighted by atomic mass is 10.2. The van der Waals surface area contributed by atoms with Gasteiger partial charge in [-0.15, -0.1) is 0 Å². The van der Waals surface area contributed by atoms with Gasteiger partial charge >= 0.3 is 0 Å². The number of rotatable bonds is 2. The van der Waals surface area contributed by atoms with E-state index in [4.69, 9.17) is 0 Å². The van der Waals surface area contributed by atoms with Crippen molar-refractivity contribution in [1.82, 2.24) is 20.1 Å². The van der Waals surface area contributed by atoms with Crippen molar-refractivity contribution < 1.29 is 0 Å². The molecule has 0 N–H and O–H groups in total. The fraction of sp³-hybridized carbons (Fsp3) is 0.500. The average Bonchev–Trinajstić information content (AvgIpc) is 2.88. The first-order chi connectivity index (χ1) is 9.15. The summed E-state index contributed by atoms with van der Waals surface area (Å²) in [5, 5.41) is 10.3. The Morgan fingerprint density at radius 1 is 1.32 bits per heavy atom. The number of hydrogen-bond acceptors (Lipinski definition) is 5. The van der Waals surface area contributed by atoms with E-state index in [0.717, 1.165) is 35.4 Å². The van der Waals surface area contributed by atoms with Crippen LogP contribution in [0.5, 0.6) is 0 Å². The van der Waals surface area contributed by atoms with Gasteiger partial charge in [0, 0.05) is 36.1 Å². The zero-order chi connectivity index (χ0) is 13.4. The highest BCUT2D eigenvalue weighted by molar-refractivity contribution is 5.84. The predicted molar refractivity (Wildman–Crippen MR) is 76.4 cm³/mol. The van der Waals surface area contributed by atoms with Crippen LogP contribution in [0.15, 0.2) is 18.5 Å². The van der Waals surface area contributed by atoms with Crippen molar-refractivity contribution in [2.45, 2.75) is 19.4 Å². The lowest BCUT2D eigenvalue weighted by molar-refractivity contribution is 0.315. The van der Waals surface area contributed by atoms with E-state index >= 15 is 0 Å². The van der Waals surface area contributed by atoms with Gasteiger partial charge in [-0.3, -0.25) is 0 Å². The van der Waals surface area contributed by atoms with Crippen molar-refractivity contribution in [3.05, 3.63) is 24.2 Å². The highest BCUT2D eigenvalue weighted by atomic mass is 15.3. The van der Waals surface area contributed by atoms with E-state index in [1.165, 1.54) is 6.42 Å². The summed E-state index contributed by atoms with van der Waals surface area (Å²) in [4.78, 5) is 9.22. The number of fused-ring (bicyclic) bond motifs is 1. The predicted octanol–water partition coefficient (Wildman–Crippen LogP) is 1.47. The summed E-state index contributed by atoms with van der Waals surface area (Å²) in [5.41, 5.74) is 0.934. The van der Waals surface area contributed by atoms with Crippen LogP contribution in [0.2, 0.25) is 0 Å². The molecule has 0 amide bonds. The molecule has 1 atom stereocenters. The van der Waals surface area contributed by atoms with Gasteiger partial charge in [-0.05, 0) is 33.5 Å². The smallest absolute Gasteiger partial charge is 0.129 e. The van der Waals surface area contributed by atoms with Gasteiger partial charge in [0.2, 0.25) is 0 Å². The molecular weight excluding hydrogens is 238 g/mol. The largest absolute Gasteiger partial charge is 0.355 e. The molecule has 0 aromatic carbocycles. The maximum atomic E-state index is 4.58. The molecule has 5 nitrogen and oxygen atoms in total. The summed E-state index contributed by atoms with van der Waals surface area (Å²) in [6, 6.07) is 2.74. The van der Waals surface area contributed by atoms with Gasteiger partial charge in [0.25, 0.3) is 0 Å². The maximum absolute atomic E-state index is 4.58. The highest BCUT2D eigenvalue weighted by Crippen LogP contribution is 2.24. The third-order valence-electron chi connectivity index (χ3n) is 3.93. The Balaban J connectivity index is 1.90. The third-order valence-corrected chi connectivity index (χ3v) is 3.93. The van der Waals surface area contributed by atoms with Crippen molar-refractivity contribution in [1.29, 1.82) is 0 Å². The molecule has 0 unspecified atom stereocenters. The van der Waals surface area contributed by atoms with Crippen molar-refractivity contribution in [3.63, 3.8) is 0 Å². The van der Waals surface area contributed by atoms with Crippen LogP contribution in [0.3, 0.4) is 0 Å². The number of likely N-dealkylation sites (N-methyl/N-ethyl adjacent to an activating group) is 1. The topological polar surface area (TPSA) is 45.2 Å².